The molecule has 1 aromatic carbocycles. The normalized spacial score (nSPS) is 14.3. The van der Waals surface area contributed by atoms with E-state index in [0.29, 0.717) is 5.56 Å². The van der Waals surface area contributed by atoms with E-state index < -0.39 is 30.3 Å². The predicted octanol–water partition coefficient (Wildman–Crippen LogP) is 2.47. The molecule has 0 bridgehead atoms. The minimum Gasteiger partial charge on any atom is -0.409 e. The van der Waals surface area contributed by atoms with E-state index in [1.54, 1.807) is 6.92 Å². The zero-order valence-corrected chi connectivity index (χ0v) is 10.0. The molecule has 4 nitrogen and oxygen atoms in total. The zero-order valence-electron chi connectivity index (χ0n) is 10.0. The minimum absolute atomic E-state index is 0.0695. The SMILES string of the molecule is Cc1ccc(F)c(NCC(/C(N)=N/O)C(F)(F)F)c1. The van der Waals surface area contributed by atoms with Gasteiger partial charge in [0.1, 0.15) is 11.7 Å². The molecule has 0 saturated heterocycles. The molecule has 0 amide bonds. The Kier molecular flexibility index (Phi) is 4.57. The average Bonchev–Trinajstić information content (AvgIpc) is 2.31. The van der Waals surface area contributed by atoms with E-state index >= 15 is 0 Å². The molecule has 0 fully saturated rings. The van der Waals surface area contributed by atoms with Gasteiger partial charge in [-0.1, -0.05) is 11.2 Å². The van der Waals surface area contributed by atoms with Gasteiger partial charge >= 0.3 is 6.18 Å². The lowest BCUT2D eigenvalue weighted by atomic mass is 10.1. The quantitative estimate of drug-likeness (QED) is 0.261. The Bertz CT molecular complexity index is 473. The van der Waals surface area contributed by atoms with Crippen LogP contribution in [0.1, 0.15) is 5.56 Å². The molecule has 0 aliphatic heterocycles. The second-order valence-corrected chi connectivity index (χ2v) is 3.98. The highest BCUT2D eigenvalue weighted by Gasteiger charge is 2.42. The molecule has 4 N–H and O–H groups in total. The molecule has 1 aromatic rings. The number of nitrogens with zero attached hydrogens (tertiary/aromatic N) is 1. The molecule has 1 unspecified atom stereocenters. The van der Waals surface area contributed by atoms with Crippen molar-refractivity contribution < 1.29 is 22.8 Å². The second kappa shape index (κ2) is 5.77. The highest BCUT2D eigenvalue weighted by Crippen LogP contribution is 2.27. The molecule has 0 aromatic heterocycles. The third-order valence-corrected chi connectivity index (χ3v) is 2.49. The van der Waals surface area contributed by atoms with Crippen molar-refractivity contribution in [3.8, 4) is 0 Å². The number of anilines is 1. The first-order valence-corrected chi connectivity index (χ1v) is 5.30. The number of nitrogens with one attached hydrogen (secondary N) is 1. The first kappa shape index (κ1) is 15.1. The van der Waals surface area contributed by atoms with Crippen molar-refractivity contribution in [1.29, 1.82) is 0 Å². The van der Waals surface area contributed by atoms with Gasteiger partial charge < -0.3 is 16.3 Å². The van der Waals surface area contributed by atoms with Crippen LogP contribution >= 0.6 is 0 Å². The standard InChI is InChI=1S/C11H13F4N3O/c1-6-2-3-8(12)9(4-6)17-5-7(10(16)18-19)11(13,14)15/h2-4,7,17,19H,5H2,1H3,(H2,16,18). The third-order valence-electron chi connectivity index (χ3n) is 2.49. The first-order valence-electron chi connectivity index (χ1n) is 5.30. The van der Waals surface area contributed by atoms with Crippen molar-refractivity contribution in [1.82, 2.24) is 0 Å². The van der Waals surface area contributed by atoms with Crippen LogP contribution in [0.4, 0.5) is 23.2 Å². The maximum atomic E-state index is 13.3. The number of nitrogens with two attached hydrogens (primary N) is 1. The summed E-state index contributed by atoms with van der Waals surface area (Å²) in [5.74, 6) is -3.85. The van der Waals surface area contributed by atoms with Gasteiger partial charge in [0.05, 0.1) is 5.69 Å². The summed E-state index contributed by atoms with van der Waals surface area (Å²) in [5, 5.41) is 13.0. The Hall–Kier alpha value is -1.99. The van der Waals surface area contributed by atoms with E-state index in [1.807, 2.05) is 0 Å². The number of alkyl halides is 3. The maximum absolute atomic E-state index is 13.3. The molecule has 19 heavy (non-hydrogen) atoms. The van der Waals surface area contributed by atoms with Crippen LogP contribution < -0.4 is 11.1 Å². The van der Waals surface area contributed by atoms with Crippen molar-refractivity contribution in [2.24, 2.45) is 16.8 Å². The van der Waals surface area contributed by atoms with Gasteiger partial charge in [0, 0.05) is 6.54 Å². The molecule has 0 radical (unpaired) electrons. The van der Waals surface area contributed by atoms with Gasteiger partial charge in [0.15, 0.2) is 5.84 Å². The van der Waals surface area contributed by atoms with E-state index in [1.165, 1.54) is 12.1 Å². The Morgan fingerprint density at radius 1 is 1.47 bits per heavy atom. The lowest BCUT2D eigenvalue weighted by Gasteiger charge is -2.20. The maximum Gasteiger partial charge on any atom is 0.400 e. The van der Waals surface area contributed by atoms with Crippen molar-refractivity contribution >= 4 is 11.5 Å². The Labute approximate surface area is 106 Å². The topological polar surface area (TPSA) is 70.6 Å². The fourth-order valence-electron chi connectivity index (χ4n) is 1.44. The van der Waals surface area contributed by atoms with E-state index in [9.17, 15) is 17.6 Å². The van der Waals surface area contributed by atoms with E-state index in [0.717, 1.165) is 6.07 Å². The molecule has 1 atom stereocenters. The van der Waals surface area contributed by atoms with Crippen LogP contribution in [0.5, 0.6) is 0 Å². The van der Waals surface area contributed by atoms with Crippen LogP contribution in [0.3, 0.4) is 0 Å². The van der Waals surface area contributed by atoms with E-state index in [2.05, 4.69) is 10.5 Å². The average molecular weight is 279 g/mol. The minimum atomic E-state index is -4.69. The third kappa shape index (κ3) is 4.01. The fourth-order valence-corrected chi connectivity index (χ4v) is 1.44. The Morgan fingerprint density at radius 2 is 2.11 bits per heavy atom. The summed E-state index contributed by atoms with van der Waals surface area (Å²) < 4.78 is 51.2. The van der Waals surface area contributed by atoms with Gasteiger partial charge in [-0.2, -0.15) is 13.2 Å². The molecule has 106 valence electrons. The molecule has 0 aliphatic carbocycles. The molecular formula is C11H13F4N3O. The molecule has 0 heterocycles. The van der Waals surface area contributed by atoms with Crippen LogP contribution in [-0.2, 0) is 0 Å². The van der Waals surface area contributed by atoms with E-state index in [4.69, 9.17) is 10.9 Å². The Morgan fingerprint density at radius 3 is 2.63 bits per heavy atom. The summed E-state index contributed by atoms with van der Waals surface area (Å²) in [6.45, 7) is 0.954. The molecule has 0 aliphatic rings. The van der Waals surface area contributed by atoms with Gasteiger partial charge in [-0.15, -0.1) is 0 Å². The molecule has 8 heteroatoms. The van der Waals surface area contributed by atoms with Crippen LogP contribution in [0, 0.1) is 18.7 Å². The summed E-state index contributed by atoms with van der Waals surface area (Å²) in [7, 11) is 0. The number of rotatable bonds is 4. The van der Waals surface area contributed by atoms with Gasteiger partial charge in [0.25, 0.3) is 0 Å². The predicted molar refractivity (Wildman–Crippen MR) is 62.6 cm³/mol. The highest BCUT2D eigenvalue weighted by atomic mass is 19.4. The zero-order chi connectivity index (χ0) is 14.6. The van der Waals surface area contributed by atoms with Crippen LogP contribution in [0.25, 0.3) is 0 Å². The summed E-state index contributed by atoms with van der Waals surface area (Å²) in [4.78, 5) is 0. The summed E-state index contributed by atoms with van der Waals surface area (Å²) in [5.41, 5.74) is 5.60. The molecular weight excluding hydrogens is 266 g/mol. The summed E-state index contributed by atoms with van der Waals surface area (Å²) in [6.07, 6.45) is -4.69. The van der Waals surface area contributed by atoms with Crippen molar-refractivity contribution in [2.45, 2.75) is 13.1 Å². The molecule has 0 spiro atoms. The number of hydrogen-bond acceptors (Lipinski definition) is 3. The number of benzene rings is 1. The number of oxime groups is 1. The van der Waals surface area contributed by atoms with Gasteiger partial charge in [0.2, 0.25) is 0 Å². The Balaban J connectivity index is 2.85. The first-order chi connectivity index (χ1) is 8.75. The van der Waals surface area contributed by atoms with Crippen molar-refractivity contribution in [2.75, 3.05) is 11.9 Å². The molecule has 0 saturated carbocycles. The number of amidine groups is 1. The number of aryl methyl sites for hydroxylation is 1. The lowest BCUT2D eigenvalue weighted by molar-refractivity contribution is -0.152. The number of hydrogen-bond donors (Lipinski definition) is 3. The van der Waals surface area contributed by atoms with E-state index in [-0.39, 0.29) is 5.69 Å². The molecule has 1 rings (SSSR count). The van der Waals surface area contributed by atoms with Crippen molar-refractivity contribution in [3.63, 3.8) is 0 Å². The van der Waals surface area contributed by atoms with Crippen LogP contribution in [0.15, 0.2) is 23.4 Å². The fraction of sp³-hybridized carbons (Fsp3) is 0.364. The van der Waals surface area contributed by atoms with Gasteiger partial charge in [-0.25, -0.2) is 4.39 Å². The number of halogens is 4. The summed E-state index contributed by atoms with van der Waals surface area (Å²) in [6, 6.07) is 4.00. The smallest absolute Gasteiger partial charge is 0.400 e. The monoisotopic (exact) mass is 279 g/mol. The van der Waals surface area contributed by atoms with Crippen LogP contribution in [-0.4, -0.2) is 23.8 Å². The summed E-state index contributed by atoms with van der Waals surface area (Å²) >= 11 is 0. The van der Waals surface area contributed by atoms with Gasteiger partial charge in [-0.3, -0.25) is 0 Å². The largest absolute Gasteiger partial charge is 0.409 e. The van der Waals surface area contributed by atoms with Gasteiger partial charge in [-0.05, 0) is 24.6 Å². The van der Waals surface area contributed by atoms with Crippen molar-refractivity contribution in [3.05, 3.63) is 29.6 Å². The van der Waals surface area contributed by atoms with Crippen LogP contribution in [0.2, 0.25) is 0 Å². The second-order valence-electron chi connectivity index (χ2n) is 3.98. The lowest BCUT2D eigenvalue weighted by Crippen LogP contribution is -2.40. The highest BCUT2D eigenvalue weighted by molar-refractivity contribution is 5.83.